The first-order valence-corrected chi connectivity index (χ1v) is 8.78. The van der Waals surface area contributed by atoms with Gasteiger partial charge < -0.3 is 10.2 Å². The lowest BCUT2D eigenvalue weighted by Gasteiger charge is -2.24. The fraction of sp³-hybridized carbons (Fsp3) is 0.222. The highest BCUT2D eigenvalue weighted by Crippen LogP contribution is 2.19. The van der Waals surface area contributed by atoms with Crippen LogP contribution in [0.3, 0.4) is 0 Å². The third kappa shape index (κ3) is 4.64. The molecule has 1 saturated heterocycles. The zero-order valence-electron chi connectivity index (χ0n) is 15.2. The Balaban J connectivity index is 1.60. The molecule has 2 aromatic rings. The second-order valence-electron chi connectivity index (χ2n) is 6.24. The lowest BCUT2D eigenvalue weighted by molar-refractivity contribution is -0.385. The monoisotopic (exact) mass is 398 g/mol. The van der Waals surface area contributed by atoms with Crippen LogP contribution in [-0.4, -0.2) is 45.2 Å². The Morgan fingerprint density at radius 1 is 1.14 bits per heavy atom. The molecule has 11 nitrogen and oxygen atoms in total. The van der Waals surface area contributed by atoms with E-state index in [1.165, 1.54) is 35.4 Å². The predicted octanol–water partition coefficient (Wildman–Crippen LogP) is 1.45. The van der Waals surface area contributed by atoms with E-state index in [1.807, 2.05) is 0 Å². The molecular weight excluding hydrogens is 380 g/mol. The number of nitrogens with one attached hydrogen (secondary N) is 3. The molecule has 0 aliphatic carbocycles. The molecule has 1 atom stereocenters. The highest BCUT2D eigenvalue weighted by atomic mass is 16.6. The molecule has 3 N–H and O–H groups in total. The van der Waals surface area contributed by atoms with Gasteiger partial charge in [-0.25, -0.2) is 10.2 Å². The maximum Gasteiger partial charge on any atom is 0.336 e. The van der Waals surface area contributed by atoms with E-state index in [-0.39, 0.29) is 17.2 Å². The van der Waals surface area contributed by atoms with Crippen LogP contribution < -0.4 is 16.2 Å². The van der Waals surface area contributed by atoms with Crippen LogP contribution in [0.1, 0.15) is 23.2 Å². The van der Waals surface area contributed by atoms with Crippen molar-refractivity contribution in [3.63, 3.8) is 0 Å². The number of rotatable bonds is 4. The number of nitro groups is 1. The van der Waals surface area contributed by atoms with E-state index < -0.39 is 22.9 Å². The molecule has 1 aromatic heterocycles. The van der Waals surface area contributed by atoms with Crippen molar-refractivity contribution in [1.29, 1.82) is 0 Å². The summed E-state index contributed by atoms with van der Waals surface area (Å²) < 4.78 is 0. The summed E-state index contributed by atoms with van der Waals surface area (Å²) in [4.78, 5) is 52.7. The van der Waals surface area contributed by atoms with Crippen LogP contribution in [0, 0.1) is 10.1 Å². The van der Waals surface area contributed by atoms with Crippen molar-refractivity contribution < 1.29 is 19.3 Å². The molecule has 1 aromatic carbocycles. The summed E-state index contributed by atoms with van der Waals surface area (Å²) >= 11 is 0. The average molecular weight is 398 g/mol. The highest BCUT2D eigenvalue weighted by Gasteiger charge is 2.34. The van der Waals surface area contributed by atoms with Crippen molar-refractivity contribution in [3.8, 4) is 0 Å². The van der Waals surface area contributed by atoms with E-state index in [0.29, 0.717) is 25.1 Å². The molecule has 4 amide bonds. The third-order valence-corrected chi connectivity index (χ3v) is 4.37. The molecule has 1 unspecified atom stereocenters. The summed E-state index contributed by atoms with van der Waals surface area (Å²) in [6.07, 6.45) is 4.16. The first-order valence-electron chi connectivity index (χ1n) is 8.78. The second-order valence-corrected chi connectivity index (χ2v) is 6.24. The number of anilines is 1. The molecule has 0 saturated carbocycles. The Hall–Kier alpha value is -4.02. The fourth-order valence-corrected chi connectivity index (χ4v) is 3.02. The van der Waals surface area contributed by atoms with E-state index in [9.17, 15) is 24.5 Å². The Morgan fingerprint density at radius 3 is 2.66 bits per heavy atom. The number of pyridine rings is 1. The fourth-order valence-electron chi connectivity index (χ4n) is 3.02. The van der Waals surface area contributed by atoms with Gasteiger partial charge in [-0.3, -0.25) is 30.1 Å². The molecule has 29 heavy (non-hydrogen) atoms. The highest BCUT2D eigenvalue weighted by molar-refractivity contribution is 6.00. The van der Waals surface area contributed by atoms with E-state index in [4.69, 9.17) is 0 Å². The quantitative estimate of drug-likeness (QED) is 0.525. The molecule has 1 fully saturated rings. The summed E-state index contributed by atoms with van der Waals surface area (Å²) in [6, 6.07) is 7.34. The zero-order valence-corrected chi connectivity index (χ0v) is 15.2. The molecule has 2 heterocycles. The van der Waals surface area contributed by atoms with Crippen molar-refractivity contribution in [2.24, 2.45) is 0 Å². The lowest BCUT2D eigenvalue weighted by atomic mass is 10.2. The van der Waals surface area contributed by atoms with Gasteiger partial charge >= 0.3 is 6.03 Å². The van der Waals surface area contributed by atoms with Crippen molar-refractivity contribution in [2.75, 3.05) is 11.9 Å². The number of nitro benzene ring substituents is 1. The van der Waals surface area contributed by atoms with Crippen LogP contribution in [-0.2, 0) is 4.79 Å². The average Bonchev–Trinajstić information content (AvgIpc) is 3.22. The zero-order chi connectivity index (χ0) is 20.8. The number of hydrogen-bond acceptors (Lipinski definition) is 6. The van der Waals surface area contributed by atoms with Gasteiger partial charge in [0.2, 0.25) is 5.91 Å². The number of amides is 4. The van der Waals surface area contributed by atoms with Crippen LogP contribution in [0.4, 0.5) is 16.2 Å². The number of hydrazine groups is 1. The topological polar surface area (TPSA) is 147 Å². The smallest absolute Gasteiger partial charge is 0.323 e. The molecule has 1 aliphatic rings. The van der Waals surface area contributed by atoms with Gasteiger partial charge in [-0.05, 0) is 31.0 Å². The van der Waals surface area contributed by atoms with Gasteiger partial charge in [-0.15, -0.1) is 0 Å². The first kappa shape index (κ1) is 19.7. The maximum absolute atomic E-state index is 12.5. The standard InChI is InChI=1S/C18H18N6O5/c25-16(13-6-1-2-7-14(13)24(28)29)21-22-18(27)23-10-4-8-15(23)17(26)20-12-5-3-9-19-11-12/h1-3,5-7,9,11,15H,4,8,10H2,(H,20,26)(H,21,25)(H,22,27). The second kappa shape index (κ2) is 8.78. The van der Waals surface area contributed by atoms with Gasteiger partial charge in [0.05, 0.1) is 16.8 Å². The summed E-state index contributed by atoms with van der Waals surface area (Å²) in [6.45, 7) is 0.332. The van der Waals surface area contributed by atoms with Gasteiger partial charge in [0.25, 0.3) is 11.6 Å². The molecule has 1 aliphatic heterocycles. The largest absolute Gasteiger partial charge is 0.336 e. The summed E-state index contributed by atoms with van der Waals surface area (Å²) in [5.41, 5.74) is 4.30. The predicted molar refractivity (Wildman–Crippen MR) is 102 cm³/mol. The van der Waals surface area contributed by atoms with Gasteiger partial charge in [-0.2, -0.15) is 0 Å². The number of hydrogen-bond donors (Lipinski definition) is 3. The molecule has 0 bridgehead atoms. The van der Waals surface area contributed by atoms with Crippen molar-refractivity contribution in [1.82, 2.24) is 20.7 Å². The number of urea groups is 1. The Morgan fingerprint density at radius 2 is 1.93 bits per heavy atom. The van der Waals surface area contributed by atoms with Gasteiger partial charge in [0.1, 0.15) is 11.6 Å². The van der Waals surface area contributed by atoms with Crippen LogP contribution >= 0.6 is 0 Å². The number of benzene rings is 1. The minimum Gasteiger partial charge on any atom is -0.323 e. The number of carbonyl (C=O) groups excluding carboxylic acids is 3. The van der Waals surface area contributed by atoms with Gasteiger partial charge in [-0.1, -0.05) is 12.1 Å². The Bertz CT molecular complexity index is 935. The lowest BCUT2D eigenvalue weighted by Crippen LogP contribution is -2.52. The number of likely N-dealkylation sites (tertiary alicyclic amines) is 1. The van der Waals surface area contributed by atoms with E-state index >= 15 is 0 Å². The minimum atomic E-state index is -0.832. The summed E-state index contributed by atoms with van der Waals surface area (Å²) in [5.74, 6) is -1.20. The maximum atomic E-state index is 12.5. The number of carbonyl (C=O) groups is 3. The first-order chi connectivity index (χ1) is 14.0. The molecule has 0 radical (unpaired) electrons. The van der Waals surface area contributed by atoms with Crippen molar-refractivity contribution in [3.05, 3.63) is 64.5 Å². The van der Waals surface area contributed by atoms with Gasteiger partial charge in [0, 0.05) is 18.8 Å². The third-order valence-electron chi connectivity index (χ3n) is 4.37. The van der Waals surface area contributed by atoms with E-state index in [2.05, 4.69) is 21.2 Å². The van der Waals surface area contributed by atoms with Crippen molar-refractivity contribution in [2.45, 2.75) is 18.9 Å². The Kier molecular flexibility index (Phi) is 5.97. The van der Waals surface area contributed by atoms with Crippen LogP contribution in [0.2, 0.25) is 0 Å². The molecule has 11 heteroatoms. The number of para-hydroxylation sites is 1. The van der Waals surface area contributed by atoms with E-state index in [1.54, 1.807) is 18.3 Å². The molecule has 3 rings (SSSR count). The van der Waals surface area contributed by atoms with E-state index in [0.717, 1.165) is 0 Å². The summed E-state index contributed by atoms with van der Waals surface area (Å²) in [5, 5.41) is 13.7. The number of nitrogens with zero attached hydrogens (tertiary/aromatic N) is 3. The normalized spacial score (nSPS) is 15.4. The van der Waals surface area contributed by atoms with Crippen molar-refractivity contribution >= 4 is 29.2 Å². The Labute approximate surface area is 165 Å². The van der Waals surface area contributed by atoms with Crippen LogP contribution in [0.5, 0.6) is 0 Å². The molecule has 150 valence electrons. The molecule has 0 spiro atoms. The minimum absolute atomic E-state index is 0.190. The van der Waals surface area contributed by atoms with Crippen LogP contribution in [0.15, 0.2) is 48.8 Å². The molecular formula is C18H18N6O5. The van der Waals surface area contributed by atoms with Gasteiger partial charge in [0.15, 0.2) is 0 Å². The SMILES string of the molecule is O=C(NNC(=O)N1CCCC1C(=O)Nc1cccnc1)c1ccccc1[N+](=O)[O-]. The summed E-state index contributed by atoms with van der Waals surface area (Å²) in [7, 11) is 0. The number of aromatic nitrogens is 1. The van der Waals surface area contributed by atoms with Crippen LogP contribution in [0.25, 0.3) is 0 Å².